The lowest BCUT2D eigenvalue weighted by Gasteiger charge is -2.17. The van der Waals surface area contributed by atoms with Crippen LogP contribution in [0.4, 0.5) is 5.13 Å². The highest BCUT2D eigenvalue weighted by molar-refractivity contribution is 7.16. The molecule has 1 unspecified atom stereocenters. The molecule has 0 saturated heterocycles. The number of hydrogen-bond donors (Lipinski definition) is 2. The fraction of sp³-hybridized carbons (Fsp3) is 0.400. The first-order chi connectivity index (χ1) is 7.16. The third kappa shape index (κ3) is 2.18. The molecule has 4 nitrogen and oxygen atoms in total. The molecule has 1 aromatic rings. The van der Waals surface area contributed by atoms with E-state index < -0.39 is 5.97 Å². The first-order valence-corrected chi connectivity index (χ1v) is 5.62. The lowest BCUT2D eigenvalue weighted by molar-refractivity contribution is -0.141. The number of anilines is 1. The van der Waals surface area contributed by atoms with Crippen LogP contribution in [0.1, 0.15) is 24.1 Å². The molecule has 0 aromatic carbocycles. The van der Waals surface area contributed by atoms with Crippen molar-refractivity contribution in [3.63, 3.8) is 0 Å². The van der Waals surface area contributed by atoms with Crippen LogP contribution in [0.2, 0.25) is 0 Å². The number of nitrogens with two attached hydrogens (primary N) is 1. The van der Waals surface area contributed by atoms with E-state index in [1.165, 1.54) is 16.9 Å². The molecule has 1 atom stereocenters. The molecule has 80 valence electrons. The third-order valence-corrected chi connectivity index (χ3v) is 3.50. The number of rotatable bonds is 2. The molecular weight excluding hydrogens is 212 g/mol. The molecule has 0 amide bonds. The Morgan fingerprint density at radius 1 is 1.67 bits per heavy atom. The summed E-state index contributed by atoms with van der Waals surface area (Å²) in [4.78, 5) is 15.8. The van der Waals surface area contributed by atoms with Crippen LogP contribution in [-0.4, -0.2) is 16.1 Å². The second-order valence-electron chi connectivity index (χ2n) is 3.60. The lowest BCUT2D eigenvalue weighted by atomic mass is 9.89. The zero-order valence-corrected chi connectivity index (χ0v) is 8.96. The fourth-order valence-corrected chi connectivity index (χ4v) is 2.47. The van der Waals surface area contributed by atoms with Crippen molar-refractivity contribution in [1.29, 1.82) is 0 Å². The SMILES string of the molecule is Nc1ncc(C2=CCC(C(=O)O)CC2)s1. The summed E-state index contributed by atoms with van der Waals surface area (Å²) in [6, 6.07) is 0. The Balaban J connectivity index is 2.11. The van der Waals surface area contributed by atoms with Crippen molar-refractivity contribution in [3.05, 3.63) is 17.2 Å². The topological polar surface area (TPSA) is 76.2 Å². The highest BCUT2D eigenvalue weighted by atomic mass is 32.1. The Morgan fingerprint density at radius 2 is 2.47 bits per heavy atom. The van der Waals surface area contributed by atoms with Gasteiger partial charge in [-0.25, -0.2) is 4.98 Å². The summed E-state index contributed by atoms with van der Waals surface area (Å²) >= 11 is 1.45. The molecule has 5 heteroatoms. The van der Waals surface area contributed by atoms with Crippen LogP contribution in [-0.2, 0) is 4.79 Å². The number of allylic oxidation sites excluding steroid dienone is 2. The van der Waals surface area contributed by atoms with Gasteiger partial charge in [0.05, 0.1) is 10.8 Å². The van der Waals surface area contributed by atoms with E-state index in [-0.39, 0.29) is 5.92 Å². The van der Waals surface area contributed by atoms with Gasteiger partial charge in [-0.1, -0.05) is 17.4 Å². The van der Waals surface area contributed by atoms with Crippen LogP contribution in [0.25, 0.3) is 5.57 Å². The molecule has 2 rings (SSSR count). The van der Waals surface area contributed by atoms with Crippen molar-refractivity contribution in [1.82, 2.24) is 4.98 Å². The Kier molecular flexibility index (Phi) is 2.73. The summed E-state index contributed by atoms with van der Waals surface area (Å²) in [5.41, 5.74) is 6.73. The minimum absolute atomic E-state index is 0.223. The van der Waals surface area contributed by atoms with Crippen molar-refractivity contribution in [2.75, 3.05) is 5.73 Å². The van der Waals surface area contributed by atoms with Crippen molar-refractivity contribution in [2.24, 2.45) is 5.92 Å². The second-order valence-corrected chi connectivity index (χ2v) is 4.66. The Hall–Kier alpha value is -1.36. The Labute approximate surface area is 91.4 Å². The van der Waals surface area contributed by atoms with Crippen LogP contribution in [0.5, 0.6) is 0 Å². The predicted molar refractivity (Wildman–Crippen MR) is 59.5 cm³/mol. The third-order valence-electron chi connectivity index (χ3n) is 2.60. The number of carboxylic acids is 1. The molecule has 0 fully saturated rings. The molecule has 1 aromatic heterocycles. The molecule has 0 saturated carbocycles. The van der Waals surface area contributed by atoms with Crippen molar-refractivity contribution < 1.29 is 9.90 Å². The molecule has 0 aliphatic heterocycles. The van der Waals surface area contributed by atoms with E-state index in [4.69, 9.17) is 10.8 Å². The average molecular weight is 224 g/mol. The van der Waals surface area contributed by atoms with Crippen LogP contribution in [0, 0.1) is 5.92 Å². The minimum atomic E-state index is -0.700. The highest BCUT2D eigenvalue weighted by Crippen LogP contribution is 2.33. The summed E-state index contributed by atoms with van der Waals surface area (Å²) in [6.07, 6.45) is 5.88. The standard InChI is InChI=1S/C10H12N2O2S/c11-10-12-5-8(15-10)6-1-3-7(4-2-6)9(13)14/h1,5,7H,2-4H2,(H2,11,12)(H,13,14). The van der Waals surface area contributed by atoms with E-state index in [9.17, 15) is 4.79 Å². The smallest absolute Gasteiger partial charge is 0.306 e. The van der Waals surface area contributed by atoms with Crippen LogP contribution < -0.4 is 5.73 Å². The number of carboxylic acid groups (broad SMARTS) is 1. The van der Waals surface area contributed by atoms with E-state index in [1.807, 2.05) is 6.08 Å². The van der Waals surface area contributed by atoms with E-state index >= 15 is 0 Å². The quantitative estimate of drug-likeness (QED) is 0.805. The predicted octanol–water partition coefficient (Wildman–Crippen LogP) is 1.99. The zero-order valence-electron chi connectivity index (χ0n) is 8.14. The molecule has 1 aliphatic carbocycles. The summed E-state index contributed by atoms with van der Waals surface area (Å²) in [6.45, 7) is 0. The highest BCUT2D eigenvalue weighted by Gasteiger charge is 2.21. The summed E-state index contributed by atoms with van der Waals surface area (Å²) in [5.74, 6) is -0.923. The molecule has 1 heterocycles. The monoisotopic (exact) mass is 224 g/mol. The van der Waals surface area contributed by atoms with Gasteiger partial charge < -0.3 is 10.8 Å². The Morgan fingerprint density at radius 3 is 2.93 bits per heavy atom. The molecular formula is C10H12N2O2S. The molecule has 0 radical (unpaired) electrons. The number of nitrogen functional groups attached to an aromatic ring is 1. The van der Waals surface area contributed by atoms with Gasteiger partial charge in [-0.3, -0.25) is 4.79 Å². The fourth-order valence-electron chi connectivity index (χ4n) is 1.72. The lowest BCUT2D eigenvalue weighted by Crippen LogP contribution is -2.15. The first-order valence-electron chi connectivity index (χ1n) is 4.80. The largest absolute Gasteiger partial charge is 0.481 e. The maximum Gasteiger partial charge on any atom is 0.306 e. The minimum Gasteiger partial charge on any atom is -0.481 e. The van der Waals surface area contributed by atoms with Gasteiger partial charge in [-0.05, 0) is 24.8 Å². The second kappa shape index (κ2) is 4.02. The van der Waals surface area contributed by atoms with Crippen molar-refractivity contribution in [2.45, 2.75) is 19.3 Å². The molecule has 3 N–H and O–H groups in total. The van der Waals surface area contributed by atoms with Gasteiger partial charge in [0.15, 0.2) is 5.13 Å². The number of thiazole rings is 1. The summed E-state index contributed by atoms with van der Waals surface area (Å²) in [7, 11) is 0. The number of nitrogens with zero attached hydrogens (tertiary/aromatic N) is 1. The van der Waals surface area contributed by atoms with Gasteiger partial charge in [-0.15, -0.1) is 0 Å². The summed E-state index contributed by atoms with van der Waals surface area (Å²) in [5, 5.41) is 9.40. The van der Waals surface area contributed by atoms with E-state index in [2.05, 4.69) is 4.98 Å². The van der Waals surface area contributed by atoms with Crippen LogP contribution >= 0.6 is 11.3 Å². The van der Waals surface area contributed by atoms with E-state index in [0.717, 1.165) is 11.3 Å². The molecule has 1 aliphatic rings. The van der Waals surface area contributed by atoms with Gasteiger partial charge in [0.25, 0.3) is 0 Å². The molecule has 15 heavy (non-hydrogen) atoms. The van der Waals surface area contributed by atoms with Gasteiger partial charge in [0.2, 0.25) is 0 Å². The van der Waals surface area contributed by atoms with E-state index in [0.29, 0.717) is 18.0 Å². The van der Waals surface area contributed by atoms with Gasteiger partial charge >= 0.3 is 5.97 Å². The maximum atomic E-state index is 10.7. The van der Waals surface area contributed by atoms with Crippen LogP contribution in [0.3, 0.4) is 0 Å². The zero-order chi connectivity index (χ0) is 10.8. The van der Waals surface area contributed by atoms with Gasteiger partial charge in [0.1, 0.15) is 0 Å². The van der Waals surface area contributed by atoms with Crippen molar-refractivity contribution in [3.8, 4) is 0 Å². The average Bonchev–Trinajstić information content (AvgIpc) is 2.65. The summed E-state index contributed by atoms with van der Waals surface area (Å²) < 4.78 is 0. The normalized spacial score (nSPS) is 21.1. The maximum absolute atomic E-state index is 10.7. The Bertz CT molecular complexity index is 411. The molecule has 0 spiro atoms. The van der Waals surface area contributed by atoms with Gasteiger partial charge in [0, 0.05) is 6.20 Å². The molecule has 0 bridgehead atoms. The van der Waals surface area contributed by atoms with Crippen LogP contribution in [0.15, 0.2) is 12.3 Å². The number of carbonyl (C=O) groups is 1. The number of hydrogen-bond acceptors (Lipinski definition) is 4. The van der Waals surface area contributed by atoms with E-state index in [1.54, 1.807) is 6.20 Å². The number of aromatic nitrogens is 1. The van der Waals surface area contributed by atoms with Crippen molar-refractivity contribution >= 4 is 28.0 Å². The van der Waals surface area contributed by atoms with Gasteiger partial charge in [-0.2, -0.15) is 0 Å². The first kappa shape index (κ1) is 10.2. The number of aliphatic carboxylic acids is 1.